The minimum atomic E-state index is -4.71. The molecule has 0 spiro atoms. The molecule has 0 radical (unpaired) electrons. The maximum Gasteiger partial charge on any atom is 0.433 e. The number of hydrogen-bond donors (Lipinski definition) is 1. The summed E-state index contributed by atoms with van der Waals surface area (Å²) in [6, 6.07) is 8.37. The molecule has 3 aromatic heterocycles. The summed E-state index contributed by atoms with van der Waals surface area (Å²) >= 11 is 9.23. The van der Waals surface area contributed by atoms with Crippen LogP contribution in [0.1, 0.15) is 28.8 Å². The third-order valence-electron chi connectivity index (χ3n) is 4.70. The fourth-order valence-corrected chi connectivity index (χ4v) is 3.71. The number of hydrogen-bond acceptors (Lipinski definition) is 4. The molecule has 1 N–H and O–H groups in total. The molecular weight excluding hydrogens is 513 g/mol. The fourth-order valence-electron chi connectivity index (χ4n) is 3.15. The third kappa shape index (κ3) is 4.35. The molecule has 7 nitrogen and oxygen atoms in total. The molecular formula is C20H15BrClF3N6O. The number of fused-ring (bicyclic) bond motifs is 1. The molecule has 1 amide bonds. The van der Waals surface area contributed by atoms with Gasteiger partial charge in [0.25, 0.3) is 5.91 Å². The van der Waals surface area contributed by atoms with Crippen LogP contribution in [0.15, 0.2) is 47.1 Å². The number of amides is 1. The number of aryl methyl sites for hydroxylation is 1. The van der Waals surface area contributed by atoms with Crippen molar-refractivity contribution in [1.29, 1.82) is 0 Å². The minimum Gasteiger partial charge on any atom is -0.345 e. The van der Waals surface area contributed by atoms with Gasteiger partial charge in [0.1, 0.15) is 0 Å². The first kappa shape index (κ1) is 22.3. The van der Waals surface area contributed by atoms with E-state index in [1.807, 2.05) is 6.92 Å². The van der Waals surface area contributed by atoms with E-state index in [2.05, 4.69) is 36.4 Å². The predicted molar refractivity (Wildman–Crippen MR) is 115 cm³/mol. The normalized spacial score (nSPS) is 11.8. The van der Waals surface area contributed by atoms with E-state index >= 15 is 0 Å². The second-order valence-corrected chi connectivity index (χ2v) is 8.06. The highest BCUT2D eigenvalue weighted by molar-refractivity contribution is 9.10. The molecule has 0 aliphatic rings. The maximum atomic E-state index is 13.7. The van der Waals surface area contributed by atoms with E-state index in [1.165, 1.54) is 6.07 Å². The second-order valence-electron chi connectivity index (χ2n) is 6.77. The number of alkyl halides is 3. The zero-order valence-corrected chi connectivity index (χ0v) is 18.8. The number of nitrogens with zero attached hydrogens (tertiary/aromatic N) is 5. The molecule has 4 rings (SSSR count). The van der Waals surface area contributed by atoms with Crippen LogP contribution in [0, 0.1) is 0 Å². The second kappa shape index (κ2) is 8.55. The van der Waals surface area contributed by atoms with Crippen LogP contribution in [0.25, 0.3) is 16.9 Å². The van der Waals surface area contributed by atoms with Crippen molar-refractivity contribution in [3.8, 4) is 11.3 Å². The molecule has 4 aromatic rings. The molecule has 0 saturated heterocycles. The van der Waals surface area contributed by atoms with Gasteiger partial charge in [0.2, 0.25) is 0 Å². The number of rotatable bonds is 5. The topological polar surface area (TPSA) is 77.1 Å². The van der Waals surface area contributed by atoms with Gasteiger partial charge in [-0.05, 0) is 41.1 Å². The van der Waals surface area contributed by atoms with Crippen LogP contribution in [0.5, 0.6) is 0 Å². The smallest absolute Gasteiger partial charge is 0.345 e. The van der Waals surface area contributed by atoms with E-state index in [9.17, 15) is 18.0 Å². The van der Waals surface area contributed by atoms with Gasteiger partial charge in [-0.25, -0.2) is 9.50 Å². The van der Waals surface area contributed by atoms with Crippen LogP contribution >= 0.6 is 27.5 Å². The van der Waals surface area contributed by atoms with Crippen molar-refractivity contribution in [3.05, 3.63) is 69.2 Å². The molecule has 0 bridgehead atoms. The Labute approximate surface area is 193 Å². The molecule has 0 fully saturated rings. The highest BCUT2D eigenvalue weighted by Gasteiger charge is 2.35. The van der Waals surface area contributed by atoms with E-state index in [-0.39, 0.29) is 23.6 Å². The average Bonchev–Trinajstić information content (AvgIpc) is 3.34. The van der Waals surface area contributed by atoms with Gasteiger partial charge in [-0.1, -0.05) is 23.7 Å². The van der Waals surface area contributed by atoms with Gasteiger partial charge in [0.15, 0.2) is 17.0 Å². The number of nitrogens with one attached hydrogen (secondary N) is 1. The zero-order valence-electron chi connectivity index (χ0n) is 16.5. The highest BCUT2D eigenvalue weighted by Crippen LogP contribution is 2.32. The lowest BCUT2D eigenvalue weighted by Crippen LogP contribution is -2.25. The summed E-state index contributed by atoms with van der Waals surface area (Å²) in [5.41, 5.74) is -0.0666. The lowest BCUT2D eigenvalue weighted by atomic mass is 10.1. The molecule has 0 aliphatic heterocycles. The molecule has 1 aromatic carbocycles. The lowest BCUT2D eigenvalue weighted by Gasteiger charge is -2.11. The number of carbonyl (C=O) groups is 1. The third-order valence-corrected chi connectivity index (χ3v) is 5.62. The van der Waals surface area contributed by atoms with Crippen molar-refractivity contribution in [1.82, 2.24) is 29.7 Å². The van der Waals surface area contributed by atoms with E-state index in [0.717, 1.165) is 11.8 Å². The van der Waals surface area contributed by atoms with Gasteiger partial charge < -0.3 is 5.32 Å². The average molecular weight is 528 g/mol. The maximum absolute atomic E-state index is 13.7. The number of halogens is 5. The van der Waals surface area contributed by atoms with Gasteiger partial charge in [0.05, 0.1) is 28.6 Å². The van der Waals surface area contributed by atoms with Gasteiger partial charge >= 0.3 is 6.18 Å². The minimum absolute atomic E-state index is 0.0872. The summed E-state index contributed by atoms with van der Waals surface area (Å²) < 4.78 is 44.2. The molecule has 12 heteroatoms. The van der Waals surface area contributed by atoms with Crippen LogP contribution in [-0.4, -0.2) is 30.3 Å². The van der Waals surface area contributed by atoms with E-state index in [1.54, 1.807) is 35.1 Å². The van der Waals surface area contributed by atoms with Crippen molar-refractivity contribution < 1.29 is 18.0 Å². The van der Waals surface area contributed by atoms with Gasteiger partial charge in [-0.3, -0.25) is 9.48 Å². The highest BCUT2D eigenvalue weighted by atomic mass is 79.9. The Hall–Kier alpha value is -2.92. The molecule has 0 saturated carbocycles. The van der Waals surface area contributed by atoms with E-state index in [0.29, 0.717) is 26.1 Å². The summed E-state index contributed by atoms with van der Waals surface area (Å²) in [7, 11) is 0. The Kier molecular flexibility index (Phi) is 5.95. The first-order chi connectivity index (χ1) is 15.2. The Morgan fingerprint density at radius 1 is 1.22 bits per heavy atom. The molecule has 32 heavy (non-hydrogen) atoms. The first-order valence-corrected chi connectivity index (χ1v) is 10.6. The standard InChI is InChI=1S/C20H15BrClF3N6O/c1-2-30-16(13(21)9-27-30)10-26-19(32)15-8-18-28-14(11-3-5-12(22)6-4-11)7-17(20(23,24)25)31(18)29-15/h3-9H,2,10H2,1H3,(H,26,32). The molecule has 0 aliphatic carbocycles. The molecule has 3 heterocycles. The Balaban J connectivity index is 1.70. The summed E-state index contributed by atoms with van der Waals surface area (Å²) in [4.78, 5) is 16.9. The van der Waals surface area contributed by atoms with E-state index < -0.39 is 17.8 Å². The Bertz CT molecular complexity index is 1300. The number of aromatic nitrogens is 5. The van der Waals surface area contributed by atoms with Crippen molar-refractivity contribution >= 4 is 39.1 Å². The predicted octanol–water partition coefficient (Wildman–Crippen LogP) is 4.98. The summed E-state index contributed by atoms with van der Waals surface area (Å²) in [5.74, 6) is -0.632. The van der Waals surface area contributed by atoms with Crippen LogP contribution in [0.4, 0.5) is 13.2 Å². The molecule has 166 valence electrons. The van der Waals surface area contributed by atoms with Gasteiger partial charge in [-0.15, -0.1) is 0 Å². The number of carbonyl (C=O) groups excluding carboxylic acids is 1. The van der Waals surface area contributed by atoms with Crippen LogP contribution < -0.4 is 5.32 Å². The van der Waals surface area contributed by atoms with Gasteiger partial charge in [0, 0.05) is 23.2 Å². The van der Waals surface area contributed by atoms with Crippen LogP contribution in [0.3, 0.4) is 0 Å². The summed E-state index contributed by atoms with van der Waals surface area (Å²) in [6.07, 6.45) is -3.10. The zero-order chi connectivity index (χ0) is 23.0. The van der Waals surface area contributed by atoms with Crippen molar-refractivity contribution in [2.24, 2.45) is 0 Å². The van der Waals surface area contributed by atoms with Crippen molar-refractivity contribution in [2.45, 2.75) is 26.2 Å². The Morgan fingerprint density at radius 3 is 2.59 bits per heavy atom. The van der Waals surface area contributed by atoms with Crippen LogP contribution in [-0.2, 0) is 19.3 Å². The van der Waals surface area contributed by atoms with Crippen LogP contribution in [0.2, 0.25) is 5.02 Å². The molecule has 0 atom stereocenters. The van der Waals surface area contributed by atoms with Crippen molar-refractivity contribution in [2.75, 3.05) is 0 Å². The fraction of sp³-hybridized carbons (Fsp3) is 0.200. The largest absolute Gasteiger partial charge is 0.433 e. The number of benzene rings is 1. The SMILES string of the molecule is CCn1ncc(Br)c1CNC(=O)c1cc2nc(-c3ccc(Cl)cc3)cc(C(F)(F)F)n2n1. The monoisotopic (exact) mass is 526 g/mol. The Morgan fingerprint density at radius 2 is 1.94 bits per heavy atom. The summed E-state index contributed by atoms with van der Waals surface area (Å²) in [6.45, 7) is 2.61. The first-order valence-electron chi connectivity index (χ1n) is 9.39. The van der Waals surface area contributed by atoms with E-state index in [4.69, 9.17) is 11.6 Å². The quantitative estimate of drug-likeness (QED) is 0.397. The van der Waals surface area contributed by atoms with Crippen molar-refractivity contribution in [3.63, 3.8) is 0 Å². The van der Waals surface area contributed by atoms with Gasteiger partial charge in [-0.2, -0.15) is 23.4 Å². The lowest BCUT2D eigenvalue weighted by molar-refractivity contribution is -0.142. The summed E-state index contributed by atoms with van der Waals surface area (Å²) in [5, 5.41) is 11.1. The molecule has 0 unspecified atom stereocenters.